The van der Waals surface area contributed by atoms with E-state index in [2.05, 4.69) is 15.4 Å². The summed E-state index contributed by atoms with van der Waals surface area (Å²) < 4.78 is 1.68. The van der Waals surface area contributed by atoms with Gasteiger partial charge in [-0.05, 0) is 24.5 Å². The smallest absolute Gasteiger partial charge is 0.251 e. The third kappa shape index (κ3) is 3.96. The first-order chi connectivity index (χ1) is 11.2. The van der Waals surface area contributed by atoms with E-state index < -0.39 is 5.60 Å². The van der Waals surface area contributed by atoms with Gasteiger partial charge >= 0.3 is 0 Å². The highest BCUT2D eigenvalue weighted by atomic mass is 16.3. The Morgan fingerprint density at radius 3 is 2.78 bits per heavy atom. The molecule has 2 aromatic rings. The van der Waals surface area contributed by atoms with Crippen molar-refractivity contribution in [3.63, 3.8) is 0 Å². The van der Waals surface area contributed by atoms with Crippen molar-refractivity contribution in [1.82, 2.24) is 20.1 Å². The number of nitrogens with one attached hydrogen (secondary N) is 1. The van der Waals surface area contributed by atoms with Gasteiger partial charge in [0.15, 0.2) is 0 Å². The summed E-state index contributed by atoms with van der Waals surface area (Å²) >= 11 is 0. The monoisotopic (exact) mass is 314 g/mol. The zero-order valence-corrected chi connectivity index (χ0v) is 13.1. The highest BCUT2D eigenvalue weighted by Crippen LogP contribution is 2.27. The average Bonchev–Trinajstić information content (AvgIpc) is 3.07. The van der Waals surface area contributed by atoms with Crippen molar-refractivity contribution in [1.29, 1.82) is 0 Å². The van der Waals surface area contributed by atoms with Gasteiger partial charge in [-0.2, -0.15) is 5.10 Å². The van der Waals surface area contributed by atoms with Crippen LogP contribution in [0, 0.1) is 0 Å². The highest BCUT2D eigenvalue weighted by molar-refractivity contribution is 5.95. The summed E-state index contributed by atoms with van der Waals surface area (Å²) in [6.07, 6.45) is 7.82. The van der Waals surface area contributed by atoms with Gasteiger partial charge < -0.3 is 10.4 Å². The Morgan fingerprint density at radius 1 is 1.26 bits per heavy atom. The van der Waals surface area contributed by atoms with Crippen LogP contribution < -0.4 is 5.32 Å². The molecule has 0 unspecified atom stereocenters. The minimum absolute atomic E-state index is 0.153. The van der Waals surface area contributed by atoms with Crippen molar-refractivity contribution in [3.05, 3.63) is 48.0 Å². The minimum atomic E-state index is -0.755. The van der Waals surface area contributed by atoms with Gasteiger partial charge in [-0.3, -0.25) is 4.79 Å². The number of amides is 1. The van der Waals surface area contributed by atoms with E-state index in [9.17, 15) is 9.90 Å². The zero-order valence-electron chi connectivity index (χ0n) is 13.1. The molecular formula is C17H22N4O2. The second-order valence-electron chi connectivity index (χ2n) is 6.22. The molecule has 0 spiro atoms. The third-order valence-electron chi connectivity index (χ3n) is 4.42. The number of hydrogen-bond donors (Lipinski definition) is 2. The fraction of sp³-hybridized carbons (Fsp3) is 0.471. The molecule has 0 saturated heterocycles. The lowest BCUT2D eigenvalue weighted by Gasteiger charge is -2.32. The number of nitrogens with zero attached hydrogens (tertiary/aromatic N) is 3. The predicted octanol–water partition coefficient (Wildman–Crippen LogP) is 1.75. The third-order valence-corrected chi connectivity index (χ3v) is 4.42. The number of carbonyl (C=O) groups is 1. The number of rotatable bonds is 5. The number of aliphatic hydroxyl groups is 1. The van der Waals surface area contributed by atoms with Crippen LogP contribution in [0.25, 0.3) is 0 Å². The normalized spacial score (nSPS) is 16.9. The van der Waals surface area contributed by atoms with E-state index in [1.165, 1.54) is 6.33 Å². The number of benzene rings is 1. The molecule has 1 aliphatic rings. The molecule has 3 rings (SSSR count). The molecule has 1 fully saturated rings. The first-order valence-electron chi connectivity index (χ1n) is 8.07. The molecule has 6 nitrogen and oxygen atoms in total. The highest BCUT2D eigenvalue weighted by Gasteiger charge is 2.29. The molecule has 1 aliphatic carbocycles. The van der Waals surface area contributed by atoms with E-state index in [4.69, 9.17) is 0 Å². The van der Waals surface area contributed by atoms with Crippen LogP contribution in [0.1, 0.15) is 48.0 Å². The van der Waals surface area contributed by atoms with Gasteiger partial charge in [0.2, 0.25) is 0 Å². The lowest BCUT2D eigenvalue weighted by molar-refractivity contribution is 0.00524. The van der Waals surface area contributed by atoms with E-state index in [-0.39, 0.29) is 5.91 Å². The summed E-state index contributed by atoms with van der Waals surface area (Å²) in [7, 11) is 0. The van der Waals surface area contributed by atoms with Crippen LogP contribution in [0.15, 0.2) is 36.9 Å². The minimum Gasteiger partial charge on any atom is -0.388 e. The molecule has 122 valence electrons. The van der Waals surface area contributed by atoms with Crippen molar-refractivity contribution in [3.8, 4) is 0 Å². The van der Waals surface area contributed by atoms with Crippen LogP contribution in [0.4, 0.5) is 0 Å². The van der Waals surface area contributed by atoms with Gasteiger partial charge in [0, 0.05) is 12.1 Å². The summed E-state index contributed by atoms with van der Waals surface area (Å²) in [6, 6.07) is 7.45. The fourth-order valence-corrected chi connectivity index (χ4v) is 3.10. The lowest BCUT2D eigenvalue weighted by atomic mass is 9.85. The Bertz CT molecular complexity index is 648. The molecule has 1 saturated carbocycles. The first kappa shape index (κ1) is 15.7. The molecule has 1 amide bonds. The molecule has 1 aromatic carbocycles. The molecule has 0 radical (unpaired) electrons. The molecule has 0 bridgehead atoms. The number of carbonyl (C=O) groups excluding carboxylic acids is 1. The second-order valence-corrected chi connectivity index (χ2v) is 6.22. The van der Waals surface area contributed by atoms with Gasteiger partial charge in [0.25, 0.3) is 5.91 Å². The predicted molar refractivity (Wildman–Crippen MR) is 85.9 cm³/mol. The Labute approximate surface area is 135 Å². The molecule has 23 heavy (non-hydrogen) atoms. The average molecular weight is 314 g/mol. The van der Waals surface area contributed by atoms with Gasteiger partial charge in [-0.15, -0.1) is 0 Å². The fourth-order valence-electron chi connectivity index (χ4n) is 3.10. The first-order valence-corrected chi connectivity index (χ1v) is 8.07. The van der Waals surface area contributed by atoms with Crippen LogP contribution in [0.5, 0.6) is 0 Å². The Morgan fingerprint density at radius 2 is 2.04 bits per heavy atom. The molecule has 1 heterocycles. The summed E-state index contributed by atoms with van der Waals surface area (Å²) in [6.45, 7) is 0.803. The van der Waals surface area contributed by atoms with E-state index in [1.54, 1.807) is 17.1 Å². The molecule has 0 atom stereocenters. The van der Waals surface area contributed by atoms with Crippen molar-refractivity contribution < 1.29 is 9.90 Å². The zero-order chi connectivity index (χ0) is 16.1. The Kier molecular flexibility index (Phi) is 4.71. The van der Waals surface area contributed by atoms with Crippen LogP contribution >= 0.6 is 0 Å². The van der Waals surface area contributed by atoms with Crippen molar-refractivity contribution in [2.45, 2.75) is 44.2 Å². The summed E-state index contributed by atoms with van der Waals surface area (Å²) in [4.78, 5) is 16.4. The van der Waals surface area contributed by atoms with E-state index in [0.29, 0.717) is 18.7 Å². The quantitative estimate of drug-likeness (QED) is 0.881. The van der Waals surface area contributed by atoms with Crippen molar-refractivity contribution in [2.24, 2.45) is 0 Å². The second kappa shape index (κ2) is 6.91. The molecule has 1 aromatic heterocycles. The van der Waals surface area contributed by atoms with Crippen LogP contribution in [0.3, 0.4) is 0 Å². The maximum Gasteiger partial charge on any atom is 0.251 e. The van der Waals surface area contributed by atoms with Gasteiger partial charge in [0.1, 0.15) is 12.7 Å². The Balaban J connectivity index is 1.67. The van der Waals surface area contributed by atoms with Gasteiger partial charge in [0.05, 0.1) is 12.1 Å². The van der Waals surface area contributed by atoms with Crippen LogP contribution in [-0.4, -0.2) is 37.9 Å². The lowest BCUT2D eigenvalue weighted by Crippen LogP contribution is -2.44. The standard InChI is InChI=1S/C17H22N4O2/c22-16(19-11-17(23)8-4-1-5-9-17)15-7-3-2-6-14(15)10-21-13-18-12-20-21/h2-3,6-7,12-13,23H,1,4-5,8-11H2,(H,19,22). The summed E-state index contributed by atoms with van der Waals surface area (Å²) in [5, 5.41) is 17.5. The van der Waals surface area contributed by atoms with Crippen molar-refractivity contribution in [2.75, 3.05) is 6.54 Å². The van der Waals surface area contributed by atoms with Crippen molar-refractivity contribution >= 4 is 5.91 Å². The molecular weight excluding hydrogens is 292 g/mol. The molecule has 2 N–H and O–H groups in total. The largest absolute Gasteiger partial charge is 0.388 e. The van der Waals surface area contributed by atoms with E-state index in [1.807, 2.05) is 18.2 Å². The topological polar surface area (TPSA) is 80.0 Å². The summed E-state index contributed by atoms with van der Waals surface area (Å²) in [5.41, 5.74) is 0.739. The van der Waals surface area contributed by atoms with Crippen LogP contribution in [-0.2, 0) is 6.54 Å². The van der Waals surface area contributed by atoms with Gasteiger partial charge in [-0.1, -0.05) is 37.5 Å². The van der Waals surface area contributed by atoms with Gasteiger partial charge in [-0.25, -0.2) is 9.67 Å². The maximum atomic E-state index is 12.5. The molecule has 0 aliphatic heterocycles. The Hall–Kier alpha value is -2.21. The maximum absolute atomic E-state index is 12.5. The van der Waals surface area contributed by atoms with Crippen LogP contribution in [0.2, 0.25) is 0 Å². The SMILES string of the molecule is O=C(NCC1(O)CCCCC1)c1ccccc1Cn1cncn1. The number of hydrogen-bond acceptors (Lipinski definition) is 4. The van der Waals surface area contributed by atoms with E-state index >= 15 is 0 Å². The van der Waals surface area contributed by atoms with E-state index in [0.717, 1.165) is 37.7 Å². The molecule has 6 heteroatoms. The summed E-state index contributed by atoms with van der Waals surface area (Å²) in [5.74, 6) is -0.153. The number of aromatic nitrogens is 3.